The van der Waals surface area contributed by atoms with Gasteiger partial charge in [-0.1, -0.05) is 124 Å². The second-order valence-corrected chi connectivity index (χ2v) is 19.5. The van der Waals surface area contributed by atoms with E-state index in [1.165, 1.54) is 6.92 Å². The van der Waals surface area contributed by atoms with Gasteiger partial charge in [0.05, 0.1) is 58.8 Å². The Morgan fingerprint density at radius 1 is 0.616 bits per heavy atom. The van der Waals surface area contributed by atoms with Gasteiger partial charge in [0.25, 0.3) is 0 Å². The van der Waals surface area contributed by atoms with Gasteiger partial charge >= 0.3 is 0 Å². The van der Waals surface area contributed by atoms with E-state index in [2.05, 4.69) is 60.4 Å². The highest BCUT2D eigenvalue weighted by Gasteiger charge is 2.26. The quantitative estimate of drug-likeness (QED) is 0.0674. The summed E-state index contributed by atoms with van der Waals surface area (Å²) in [4.78, 5) is 63.0. The number of nitriles is 2. The number of benzene rings is 4. The van der Waals surface area contributed by atoms with Crippen molar-refractivity contribution < 1.29 is 19.2 Å². The van der Waals surface area contributed by atoms with Crippen LogP contribution in [0.1, 0.15) is 99.2 Å². The highest BCUT2D eigenvalue weighted by molar-refractivity contribution is 6.42. The first-order valence-corrected chi connectivity index (χ1v) is 25.4. The molecule has 4 amide bonds. The van der Waals surface area contributed by atoms with Crippen molar-refractivity contribution >= 4 is 58.4 Å². The Hall–Kier alpha value is -6.97. The van der Waals surface area contributed by atoms with Crippen molar-refractivity contribution in [2.75, 3.05) is 13.1 Å². The van der Waals surface area contributed by atoms with E-state index in [0.717, 1.165) is 46.5 Å². The van der Waals surface area contributed by atoms with Gasteiger partial charge in [-0.2, -0.15) is 10.5 Å². The molecule has 382 valence electrons. The fraction of sp³-hybridized carbons (Fsp3) is 0.357. The molecule has 0 saturated heterocycles. The molecule has 2 heterocycles. The normalized spacial score (nSPS) is 12.4. The Balaban J connectivity index is 0.000000271. The van der Waals surface area contributed by atoms with E-state index in [-0.39, 0.29) is 60.4 Å². The molecule has 0 bridgehead atoms. The van der Waals surface area contributed by atoms with Gasteiger partial charge in [-0.05, 0) is 76.6 Å². The zero-order chi connectivity index (χ0) is 53.0. The molecule has 4 aromatic carbocycles. The number of halogens is 3. The van der Waals surface area contributed by atoms with Crippen molar-refractivity contribution in [3.8, 4) is 12.1 Å². The van der Waals surface area contributed by atoms with Gasteiger partial charge in [0.2, 0.25) is 23.6 Å². The Morgan fingerprint density at radius 2 is 1.04 bits per heavy atom. The van der Waals surface area contributed by atoms with Crippen LogP contribution in [0.25, 0.3) is 0 Å². The molecule has 73 heavy (non-hydrogen) atoms. The van der Waals surface area contributed by atoms with Crippen LogP contribution in [-0.4, -0.2) is 77.7 Å². The molecule has 2 aromatic heterocycles. The van der Waals surface area contributed by atoms with Crippen LogP contribution >= 0.6 is 34.8 Å². The van der Waals surface area contributed by atoms with Crippen LogP contribution in [0.2, 0.25) is 15.1 Å². The zero-order valence-electron chi connectivity index (χ0n) is 42.2. The second kappa shape index (κ2) is 28.3. The van der Waals surface area contributed by atoms with Crippen LogP contribution in [0, 0.1) is 34.5 Å². The summed E-state index contributed by atoms with van der Waals surface area (Å²) in [6.45, 7) is 14.0. The van der Waals surface area contributed by atoms with Crippen LogP contribution in [0.4, 0.5) is 0 Å². The van der Waals surface area contributed by atoms with E-state index in [1.54, 1.807) is 78.2 Å². The zero-order valence-corrected chi connectivity index (χ0v) is 44.5. The van der Waals surface area contributed by atoms with Crippen LogP contribution in [0.15, 0.2) is 116 Å². The first-order chi connectivity index (χ1) is 35.0. The topological polar surface area (TPSA) is 182 Å². The highest BCUT2D eigenvalue weighted by Crippen LogP contribution is 2.27. The van der Waals surface area contributed by atoms with E-state index >= 15 is 0 Å². The first-order valence-electron chi connectivity index (χ1n) is 24.2. The molecule has 0 aliphatic rings. The lowest BCUT2D eigenvalue weighted by molar-refractivity contribution is -0.131. The molecule has 2 unspecified atom stereocenters. The maximum atomic E-state index is 13.1. The van der Waals surface area contributed by atoms with Gasteiger partial charge in [-0.15, -0.1) is 0 Å². The summed E-state index contributed by atoms with van der Waals surface area (Å²) < 4.78 is 3.85. The average Bonchev–Trinajstić information content (AvgIpc) is 4.02. The van der Waals surface area contributed by atoms with Crippen molar-refractivity contribution in [1.82, 2.24) is 39.5 Å². The van der Waals surface area contributed by atoms with Gasteiger partial charge in [-0.3, -0.25) is 19.2 Å². The average molecular weight is 1050 g/mol. The number of nitrogens with one attached hydrogen (secondary N) is 2. The summed E-state index contributed by atoms with van der Waals surface area (Å²) in [7, 11) is 0. The van der Waals surface area contributed by atoms with Crippen LogP contribution in [-0.2, 0) is 58.2 Å². The first kappa shape index (κ1) is 56.9. The SMILES string of the molecule is CCC(C)C(CN(Cc1cccc(Cl)c1Cl)C(C)=O)NC(=O)Cc1cncn1Cc1ccc(C#N)cc1.CC[C@H](C)[C@@H](CN(Cc1ccc(Cl)cc1)C(C)=O)NC(=O)Cc1cncn1Cc1ccc(C#N)cc1. The smallest absolute Gasteiger partial charge is 0.226 e. The maximum Gasteiger partial charge on any atom is 0.226 e. The number of carbonyl (C=O) groups excluding carboxylic acids is 4. The summed E-state index contributed by atoms with van der Waals surface area (Å²) in [6.07, 6.45) is 8.83. The molecule has 4 atom stereocenters. The molecule has 0 aliphatic heterocycles. The summed E-state index contributed by atoms with van der Waals surface area (Å²) in [5.74, 6) is -0.0890. The van der Waals surface area contributed by atoms with E-state index in [4.69, 9.17) is 45.3 Å². The lowest BCUT2D eigenvalue weighted by Crippen LogP contribution is -2.48. The minimum Gasteiger partial charge on any atom is -0.351 e. The molecule has 0 aliphatic carbocycles. The second-order valence-electron chi connectivity index (χ2n) is 18.3. The van der Waals surface area contributed by atoms with Crippen LogP contribution < -0.4 is 10.6 Å². The number of hydrogen-bond donors (Lipinski definition) is 2. The summed E-state index contributed by atoms with van der Waals surface area (Å²) in [6, 6.07) is 31.3. The fourth-order valence-electron chi connectivity index (χ4n) is 7.96. The molecule has 0 spiro atoms. The predicted octanol–water partition coefficient (Wildman–Crippen LogP) is 9.81. The van der Waals surface area contributed by atoms with E-state index < -0.39 is 0 Å². The van der Waals surface area contributed by atoms with Gasteiger partial charge in [0.15, 0.2) is 0 Å². The molecule has 0 saturated carbocycles. The third kappa shape index (κ3) is 17.6. The van der Waals surface area contributed by atoms with Crippen LogP contribution in [0.3, 0.4) is 0 Å². The van der Waals surface area contributed by atoms with E-state index in [9.17, 15) is 19.2 Å². The summed E-state index contributed by atoms with van der Waals surface area (Å²) in [5, 5.41) is 25.8. The molecule has 17 heteroatoms. The molecular formula is C56H63Cl3N10O4. The van der Waals surface area contributed by atoms with Gasteiger partial charge < -0.3 is 29.6 Å². The summed E-state index contributed by atoms with van der Waals surface area (Å²) in [5.41, 5.74) is 6.54. The third-order valence-corrected chi connectivity index (χ3v) is 14.0. The maximum absolute atomic E-state index is 13.1. The molecule has 6 aromatic rings. The molecule has 0 radical (unpaired) electrons. The number of rotatable bonds is 22. The van der Waals surface area contributed by atoms with Gasteiger partial charge in [-0.25, -0.2) is 9.97 Å². The minimum absolute atomic E-state index is 0.0482. The molecule has 0 fully saturated rings. The highest BCUT2D eigenvalue weighted by atomic mass is 35.5. The lowest BCUT2D eigenvalue weighted by Gasteiger charge is -2.31. The monoisotopic (exact) mass is 1040 g/mol. The van der Waals surface area contributed by atoms with Crippen LogP contribution in [0.5, 0.6) is 0 Å². The predicted molar refractivity (Wildman–Crippen MR) is 285 cm³/mol. The standard InChI is InChI=1S/C28H31Cl2N5O2.C28H32ClN5O2/c1-4-19(2)26(17-34(20(3)36)16-23-6-5-7-25(29)28(23)30)33-27(37)12-24-14-32-18-35(24)15-22-10-8-21(13-31)9-11-22;1-4-20(2)27(18-33(21(3)35)16-24-9-11-25(29)12-10-24)32-28(36)13-26-15-31-19-34(26)17-23-7-5-22(14-30)6-8-23/h5-11,14,18-19,26H,4,12,15-17H2,1-3H3,(H,33,37);5-12,15,19-20,27H,4,13,16-18H2,1-3H3,(H,32,36)/t;20-,27+/m.0/s1. The fourth-order valence-corrected chi connectivity index (χ4v) is 8.46. The molecular weight excluding hydrogens is 983 g/mol. The van der Waals surface area contributed by atoms with Gasteiger partial charge in [0.1, 0.15) is 0 Å². The number of nitrogens with zero attached hydrogens (tertiary/aromatic N) is 8. The Morgan fingerprint density at radius 3 is 1.45 bits per heavy atom. The molecule has 14 nitrogen and oxygen atoms in total. The van der Waals surface area contributed by atoms with Crippen molar-refractivity contribution in [1.29, 1.82) is 10.5 Å². The Bertz CT molecular complexity index is 2850. The molecule has 6 rings (SSSR count). The number of aromatic nitrogens is 4. The number of carbonyl (C=O) groups is 4. The Labute approximate surface area is 443 Å². The number of amides is 4. The minimum atomic E-state index is -0.241. The largest absolute Gasteiger partial charge is 0.351 e. The van der Waals surface area contributed by atoms with Crippen molar-refractivity contribution in [2.45, 2.75) is 105 Å². The molecule has 2 N–H and O–H groups in total. The summed E-state index contributed by atoms with van der Waals surface area (Å²) >= 11 is 18.5. The van der Waals surface area contributed by atoms with Crippen molar-refractivity contribution in [3.05, 3.63) is 176 Å². The number of imidazole rings is 2. The van der Waals surface area contributed by atoms with Crippen molar-refractivity contribution in [2.24, 2.45) is 11.8 Å². The lowest BCUT2D eigenvalue weighted by atomic mass is 9.98. The van der Waals surface area contributed by atoms with Gasteiger partial charge in [0, 0.05) is 94.0 Å². The van der Waals surface area contributed by atoms with Crippen molar-refractivity contribution in [3.63, 3.8) is 0 Å². The third-order valence-electron chi connectivity index (χ3n) is 12.9. The van der Waals surface area contributed by atoms with E-state index in [1.807, 2.05) is 63.7 Å². The Kier molecular flexibility index (Phi) is 22.1. The van der Waals surface area contributed by atoms with E-state index in [0.29, 0.717) is 65.5 Å². The number of hydrogen-bond acceptors (Lipinski definition) is 8.